The van der Waals surface area contributed by atoms with Crippen molar-refractivity contribution in [3.8, 4) is 0 Å². The lowest BCUT2D eigenvalue weighted by molar-refractivity contribution is 0.102. The van der Waals surface area contributed by atoms with E-state index in [0.717, 1.165) is 0 Å². The summed E-state index contributed by atoms with van der Waals surface area (Å²) in [6.07, 6.45) is 3.15. The molecule has 0 atom stereocenters. The Hall–Kier alpha value is -3.14. The Labute approximate surface area is 127 Å². The Morgan fingerprint density at radius 2 is 1.00 bits per heavy atom. The number of pyridine rings is 2. The van der Waals surface area contributed by atoms with Crippen LogP contribution in [0.15, 0.2) is 73.1 Å². The quantitative estimate of drug-likeness (QED) is 0.692. The summed E-state index contributed by atoms with van der Waals surface area (Å²) in [5.41, 5.74) is 1.75. The van der Waals surface area contributed by atoms with Crippen LogP contribution < -0.4 is 0 Å². The van der Waals surface area contributed by atoms with Crippen molar-refractivity contribution in [3.05, 3.63) is 95.6 Å². The highest BCUT2D eigenvalue weighted by Crippen LogP contribution is 2.12. The van der Waals surface area contributed by atoms with Crippen molar-refractivity contribution in [2.75, 3.05) is 0 Å². The molecule has 2 heterocycles. The minimum atomic E-state index is -0.169. The molecule has 4 nitrogen and oxygen atoms in total. The zero-order valence-corrected chi connectivity index (χ0v) is 11.6. The summed E-state index contributed by atoms with van der Waals surface area (Å²) in [7, 11) is 0. The first-order valence-corrected chi connectivity index (χ1v) is 6.77. The Morgan fingerprint density at radius 3 is 1.32 bits per heavy atom. The molecule has 3 rings (SSSR count). The average Bonchev–Trinajstić information content (AvgIpc) is 2.62. The lowest BCUT2D eigenvalue weighted by atomic mass is 10.0. The highest BCUT2D eigenvalue weighted by atomic mass is 16.1. The van der Waals surface area contributed by atoms with Crippen LogP contribution in [0.3, 0.4) is 0 Å². The maximum Gasteiger partial charge on any atom is 0.211 e. The highest BCUT2D eigenvalue weighted by Gasteiger charge is 2.13. The molecule has 0 aliphatic carbocycles. The van der Waals surface area contributed by atoms with Crippen LogP contribution in [0.4, 0.5) is 0 Å². The van der Waals surface area contributed by atoms with Gasteiger partial charge in [0.05, 0.1) is 0 Å². The van der Waals surface area contributed by atoms with Gasteiger partial charge in [0, 0.05) is 23.5 Å². The van der Waals surface area contributed by atoms with Gasteiger partial charge in [-0.2, -0.15) is 0 Å². The second kappa shape index (κ2) is 6.10. The third-order valence-electron chi connectivity index (χ3n) is 3.20. The smallest absolute Gasteiger partial charge is 0.211 e. The highest BCUT2D eigenvalue weighted by molar-refractivity contribution is 6.10. The van der Waals surface area contributed by atoms with Crippen LogP contribution in [0.5, 0.6) is 0 Å². The Balaban J connectivity index is 1.84. The van der Waals surface area contributed by atoms with Gasteiger partial charge in [0.1, 0.15) is 11.4 Å². The molecule has 0 radical (unpaired) electrons. The van der Waals surface area contributed by atoms with Crippen LogP contribution in [-0.4, -0.2) is 21.5 Å². The lowest BCUT2D eigenvalue weighted by Gasteiger charge is -2.03. The summed E-state index contributed by atoms with van der Waals surface area (Å²) >= 11 is 0. The first kappa shape index (κ1) is 13.8. The Bertz CT molecular complexity index is 727. The monoisotopic (exact) mass is 288 g/mol. The molecular weight excluding hydrogens is 276 g/mol. The minimum absolute atomic E-state index is 0.169. The number of rotatable bonds is 4. The van der Waals surface area contributed by atoms with Gasteiger partial charge in [-0.1, -0.05) is 36.4 Å². The first-order chi connectivity index (χ1) is 10.8. The number of hydrogen-bond donors (Lipinski definition) is 0. The molecule has 2 aromatic heterocycles. The molecule has 0 bridgehead atoms. The van der Waals surface area contributed by atoms with Crippen LogP contribution in [0.1, 0.15) is 32.1 Å². The zero-order chi connectivity index (χ0) is 15.4. The van der Waals surface area contributed by atoms with Crippen molar-refractivity contribution in [2.45, 2.75) is 0 Å². The minimum Gasteiger partial charge on any atom is -0.287 e. The maximum absolute atomic E-state index is 12.2. The molecular formula is C18H12N2O2. The summed E-state index contributed by atoms with van der Waals surface area (Å²) in [6.45, 7) is 0. The molecule has 0 fully saturated rings. The van der Waals surface area contributed by atoms with E-state index in [9.17, 15) is 9.59 Å². The predicted octanol–water partition coefficient (Wildman–Crippen LogP) is 2.94. The van der Waals surface area contributed by atoms with E-state index in [2.05, 4.69) is 9.97 Å². The van der Waals surface area contributed by atoms with E-state index in [-0.39, 0.29) is 11.6 Å². The third kappa shape index (κ3) is 2.81. The van der Waals surface area contributed by atoms with Crippen molar-refractivity contribution >= 4 is 11.6 Å². The van der Waals surface area contributed by atoms with Crippen molar-refractivity contribution in [3.63, 3.8) is 0 Å². The van der Waals surface area contributed by atoms with Gasteiger partial charge >= 0.3 is 0 Å². The summed E-state index contributed by atoms with van der Waals surface area (Å²) < 4.78 is 0. The number of carbonyl (C=O) groups excluding carboxylic acids is 2. The van der Waals surface area contributed by atoms with Gasteiger partial charge in [-0.25, -0.2) is 0 Å². The summed E-state index contributed by atoms with van der Waals surface area (Å²) in [6, 6.07) is 16.9. The van der Waals surface area contributed by atoms with Gasteiger partial charge in [-0.15, -0.1) is 0 Å². The molecule has 0 aliphatic heterocycles. The summed E-state index contributed by atoms with van der Waals surface area (Å²) in [5.74, 6) is -0.338. The number of nitrogens with zero attached hydrogens (tertiary/aromatic N) is 2. The van der Waals surface area contributed by atoms with Gasteiger partial charge in [-0.05, 0) is 24.3 Å². The summed E-state index contributed by atoms with van der Waals surface area (Å²) in [5, 5.41) is 0. The van der Waals surface area contributed by atoms with Gasteiger partial charge in [-0.3, -0.25) is 19.6 Å². The average molecular weight is 288 g/mol. The van der Waals surface area contributed by atoms with Crippen LogP contribution in [0.25, 0.3) is 0 Å². The molecule has 1 aromatic carbocycles. The second-order valence-electron chi connectivity index (χ2n) is 4.67. The molecule has 0 unspecified atom stereocenters. The third-order valence-corrected chi connectivity index (χ3v) is 3.20. The normalized spacial score (nSPS) is 10.2. The van der Waals surface area contributed by atoms with E-state index in [1.807, 2.05) is 0 Å². The predicted molar refractivity (Wildman–Crippen MR) is 81.8 cm³/mol. The van der Waals surface area contributed by atoms with E-state index in [1.54, 1.807) is 73.1 Å². The van der Waals surface area contributed by atoms with E-state index in [0.29, 0.717) is 22.5 Å². The molecule has 4 heteroatoms. The van der Waals surface area contributed by atoms with Gasteiger partial charge in [0.25, 0.3) is 0 Å². The topological polar surface area (TPSA) is 59.9 Å². The van der Waals surface area contributed by atoms with Crippen molar-refractivity contribution in [1.82, 2.24) is 9.97 Å². The Morgan fingerprint density at radius 1 is 0.591 bits per heavy atom. The first-order valence-electron chi connectivity index (χ1n) is 6.77. The largest absolute Gasteiger partial charge is 0.287 e. The van der Waals surface area contributed by atoms with Crippen LogP contribution in [0.2, 0.25) is 0 Å². The molecule has 3 aromatic rings. The molecule has 0 spiro atoms. The zero-order valence-electron chi connectivity index (χ0n) is 11.6. The number of benzene rings is 1. The van der Waals surface area contributed by atoms with E-state index in [4.69, 9.17) is 0 Å². The van der Waals surface area contributed by atoms with E-state index >= 15 is 0 Å². The van der Waals surface area contributed by atoms with Crippen molar-refractivity contribution in [2.24, 2.45) is 0 Å². The van der Waals surface area contributed by atoms with E-state index < -0.39 is 0 Å². The SMILES string of the molecule is O=C(c1ccc(C(=O)c2ccccn2)cc1)c1ccccn1. The molecule has 0 amide bonds. The fourth-order valence-corrected chi connectivity index (χ4v) is 2.06. The fraction of sp³-hybridized carbons (Fsp3) is 0. The standard InChI is InChI=1S/C18H12N2O2/c21-17(15-5-1-3-11-19-15)13-7-9-14(10-8-13)18(22)16-6-2-4-12-20-16/h1-12H. The van der Waals surface area contributed by atoms with Crippen LogP contribution in [-0.2, 0) is 0 Å². The molecule has 22 heavy (non-hydrogen) atoms. The van der Waals surface area contributed by atoms with Crippen molar-refractivity contribution < 1.29 is 9.59 Å². The number of carbonyl (C=O) groups is 2. The molecule has 0 saturated heterocycles. The Kier molecular flexibility index (Phi) is 3.83. The molecule has 0 N–H and O–H groups in total. The van der Waals surface area contributed by atoms with Gasteiger partial charge < -0.3 is 0 Å². The van der Waals surface area contributed by atoms with Gasteiger partial charge in [0.2, 0.25) is 11.6 Å². The summed E-state index contributed by atoms with van der Waals surface area (Å²) in [4.78, 5) is 32.5. The van der Waals surface area contributed by atoms with Crippen molar-refractivity contribution in [1.29, 1.82) is 0 Å². The molecule has 0 saturated carbocycles. The van der Waals surface area contributed by atoms with Crippen LogP contribution in [0, 0.1) is 0 Å². The number of aromatic nitrogens is 2. The van der Waals surface area contributed by atoms with Gasteiger partial charge in [0.15, 0.2) is 0 Å². The maximum atomic E-state index is 12.2. The number of hydrogen-bond acceptors (Lipinski definition) is 4. The molecule has 106 valence electrons. The molecule has 0 aliphatic rings. The van der Waals surface area contributed by atoms with E-state index in [1.165, 1.54) is 0 Å². The lowest BCUT2D eigenvalue weighted by Crippen LogP contribution is -2.06. The fourth-order valence-electron chi connectivity index (χ4n) is 2.06. The second-order valence-corrected chi connectivity index (χ2v) is 4.67. The van der Waals surface area contributed by atoms with Crippen LogP contribution >= 0.6 is 0 Å². The number of ketones is 2.